The van der Waals surface area contributed by atoms with Crippen LogP contribution in [0.5, 0.6) is 0 Å². The number of rotatable bonds is 10. The van der Waals surface area contributed by atoms with E-state index in [0.29, 0.717) is 25.3 Å². The molecular formula is C19H28N2O5S. The first-order valence-electron chi connectivity index (χ1n) is 9.14. The Morgan fingerprint density at radius 2 is 2.11 bits per heavy atom. The predicted octanol–water partition coefficient (Wildman–Crippen LogP) is 3.00. The number of methoxy groups -OCH3 is 1. The van der Waals surface area contributed by atoms with Crippen LogP contribution in [0.2, 0.25) is 0 Å². The summed E-state index contributed by atoms with van der Waals surface area (Å²) >= 11 is 0. The molecule has 1 aliphatic rings. The third-order valence-corrected chi connectivity index (χ3v) is 5.96. The second kappa shape index (κ2) is 9.87. The van der Waals surface area contributed by atoms with Crippen molar-refractivity contribution in [3.63, 3.8) is 0 Å². The number of aromatic carboxylic acids is 1. The summed E-state index contributed by atoms with van der Waals surface area (Å²) < 4.78 is 33.3. The highest BCUT2D eigenvalue weighted by Gasteiger charge is 2.21. The molecule has 3 N–H and O–H groups in total. The van der Waals surface area contributed by atoms with Crippen molar-refractivity contribution < 1.29 is 23.1 Å². The third-order valence-electron chi connectivity index (χ3n) is 4.46. The number of allylic oxidation sites excluding steroid dienone is 1. The molecule has 1 aromatic rings. The van der Waals surface area contributed by atoms with Crippen LogP contribution in [-0.4, -0.2) is 45.8 Å². The minimum atomic E-state index is -3.85. The summed E-state index contributed by atoms with van der Waals surface area (Å²) in [5.74, 6) is -1.17. The van der Waals surface area contributed by atoms with Crippen LogP contribution in [0, 0.1) is 0 Å². The summed E-state index contributed by atoms with van der Waals surface area (Å²) in [5.41, 5.74) is 1.56. The summed E-state index contributed by atoms with van der Waals surface area (Å²) in [5, 5.41) is 12.3. The number of nitrogens with one attached hydrogen (secondary N) is 2. The molecule has 27 heavy (non-hydrogen) atoms. The first kappa shape index (κ1) is 21.4. The summed E-state index contributed by atoms with van der Waals surface area (Å²) in [7, 11) is -2.29. The Labute approximate surface area is 160 Å². The van der Waals surface area contributed by atoms with Gasteiger partial charge in [-0.05, 0) is 57.2 Å². The lowest BCUT2D eigenvalue weighted by Crippen LogP contribution is -2.28. The quantitative estimate of drug-likeness (QED) is 0.525. The Kier molecular flexibility index (Phi) is 7.82. The van der Waals surface area contributed by atoms with Crippen molar-refractivity contribution in [1.29, 1.82) is 0 Å². The summed E-state index contributed by atoms with van der Waals surface area (Å²) in [4.78, 5) is 11.2. The van der Waals surface area contributed by atoms with Crippen molar-refractivity contribution in [1.82, 2.24) is 4.72 Å². The van der Waals surface area contributed by atoms with Crippen molar-refractivity contribution >= 4 is 21.7 Å². The molecule has 0 saturated heterocycles. The maximum absolute atomic E-state index is 12.8. The third kappa shape index (κ3) is 6.34. The van der Waals surface area contributed by atoms with Gasteiger partial charge in [-0.3, -0.25) is 0 Å². The molecule has 1 aromatic carbocycles. The summed E-state index contributed by atoms with van der Waals surface area (Å²) in [6.07, 6.45) is 7.24. The van der Waals surface area contributed by atoms with Gasteiger partial charge in [0.15, 0.2) is 0 Å². The molecule has 0 unspecified atom stereocenters. The molecule has 0 saturated carbocycles. The standard InChI is InChI=1S/C19H28N2O5S/c1-14(13-26-2)21-17-9-8-16(19(22)23)12-18(17)27(24,25)20-11-10-15-6-4-3-5-7-15/h6,8-9,12,14,20-21H,3-5,7,10-11,13H2,1-2H3,(H,22,23)/t14-/m0/s1. The number of benzene rings is 1. The molecule has 0 heterocycles. The zero-order valence-corrected chi connectivity index (χ0v) is 16.6. The first-order valence-corrected chi connectivity index (χ1v) is 10.6. The molecule has 0 fully saturated rings. The minimum absolute atomic E-state index is 0.0667. The maximum Gasteiger partial charge on any atom is 0.335 e. The molecule has 0 aliphatic heterocycles. The zero-order valence-electron chi connectivity index (χ0n) is 15.8. The monoisotopic (exact) mass is 396 g/mol. The Morgan fingerprint density at radius 3 is 2.74 bits per heavy atom. The molecule has 150 valence electrons. The van der Waals surface area contributed by atoms with Crippen LogP contribution < -0.4 is 10.0 Å². The fourth-order valence-corrected chi connectivity index (χ4v) is 4.33. The number of hydrogen-bond donors (Lipinski definition) is 3. The summed E-state index contributed by atoms with van der Waals surface area (Å²) in [6, 6.07) is 3.92. The molecule has 0 spiro atoms. The average molecular weight is 397 g/mol. The largest absolute Gasteiger partial charge is 0.478 e. The molecule has 0 amide bonds. The summed E-state index contributed by atoms with van der Waals surface area (Å²) in [6.45, 7) is 2.54. The number of sulfonamides is 1. The number of carboxylic acids is 1. The Bertz CT molecular complexity index is 789. The van der Waals surface area contributed by atoms with Gasteiger partial charge in [0.2, 0.25) is 10.0 Å². The van der Waals surface area contributed by atoms with E-state index >= 15 is 0 Å². The molecule has 0 bridgehead atoms. The fourth-order valence-electron chi connectivity index (χ4n) is 3.11. The van der Waals surface area contributed by atoms with Crippen molar-refractivity contribution in [2.24, 2.45) is 0 Å². The second-order valence-electron chi connectivity index (χ2n) is 6.77. The van der Waals surface area contributed by atoms with E-state index in [2.05, 4.69) is 16.1 Å². The van der Waals surface area contributed by atoms with E-state index in [-0.39, 0.29) is 16.5 Å². The van der Waals surface area contributed by atoms with Crippen LogP contribution in [-0.2, 0) is 14.8 Å². The van der Waals surface area contributed by atoms with E-state index in [4.69, 9.17) is 4.74 Å². The van der Waals surface area contributed by atoms with E-state index < -0.39 is 16.0 Å². The molecule has 0 radical (unpaired) electrons. The highest BCUT2D eigenvalue weighted by molar-refractivity contribution is 7.89. The Morgan fingerprint density at radius 1 is 1.33 bits per heavy atom. The number of ether oxygens (including phenoxy) is 1. The Balaban J connectivity index is 2.19. The van der Waals surface area contributed by atoms with Crippen LogP contribution in [0.25, 0.3) is 0 Å². The van der Waals surface area contributed by atoms with Crippen LogP contribution in [0.15, 0.2) is 34.7 Å². The fraction of sp³-hybridized carbons (Fsp3) is 0.526. The van der Waals surface area contributed by atoms with Gasteiger partial charge in [0.25, 0.3) is 0 Å². The van der Waals surface area contributed by atoms with Crippen LogP contribution >= 0.6 is 0 Å². The van der Waals surface area contributed by atoms with Gasteiger partial charge >= 0.3 is 5.97 Å². The zero-order chi connectivity index (χ0) is 19.9. The van der Waals surface area contributed by atoms with Crippen molar-refractivity contribution in [3.8, 4) is 0 Å². The molecule has 7 nitrogen and oxygen atoms in total. The number of carbonyl (C=O) groups is 1. The lowest BCUT2D eigenvalue weighted by atomic mass is 9.97. The smallest absolute Gasteiger partial charge is 0.335 e. The number of carboxylic acid groups (broad SMARTS) is 1. The van der Waals surface area contributed by atoms with Crippen LogP contribution in [0.1, 0.15) is 49.4 Å². The topological polar surface area (TPSA) is 105 Å². The van der Waals surface area contributed by atoms with Gasteiger partial charge in [0.05, 0.1) is 17.9 Å². The normalized spacial score (nSPS) is 15.9. The lowest BCUT2D eigenvalue weighted by molar-refractivity contribution is 0.0696. The Hall–Kier alpha value is -1.90. The molecule has 0 aromatic heterocycles. The minimum Gasteiger partial charge on any atom is -0.478 e. The van der Waals surface area contributed by atoms with Crippen LogP contribution in [0.3, 0.4) is 0 Å². The second-order valence-corrected chi connectivity index (χ2v) is 8.51. The van der Waals surface area contributed by atoms with Gasteiger partial charge in [0.1, 0.15) is 4.90 Å². The van der Waals surface area contributed by atoms with E-state index in [1.165, 1.54) is 30.2 Å². The predicted molar refractivity (Wildman–Crippen MR) is 105 cm³/mol. The number of anilines is 1. The lowest BCUT2D eigenvalue weighted by Gasteiger charge is -2.19. The SMILES string of the molecule is COC[C@H](C)Nc1ccc(C(=O)O)cc1S(=O)(=O)NCCC1=CCCCC1. The van der Waals surface area contributed by atoms with Gasteiger partial charge in [-0.15, -0.1) is 0 Å². The van der Waals surface area contributed by atoms with Gasteiger partial charge in [-0.2, -0.15) is 0 Å². The van der Waals surface area contributed by atoms with Crippen molar-refractivity contribution in [3.05, 3.63) is 35.4 Å². The molecule has 1 aliphatic carbocycles. The average Bonchev–Trinajstić information content (AvgIpc) is 2.62. The van der Waals surface area contributed by atoms with E-state index in [0.717, 1.165) is 19.3 Å². The molecule has 1 atom stereocenters. The van der Waals surface area contributed by atoms with Gasteiger partial charge in [-0.1, -0.05) is 11.6 Å². The highest BCUT2D eigenvalue weighted by Crippen LogP contribution is 2.25. The molecular weight excluding hydrogens is 368 g/mol. The van der Waals surface area contributed by atoms with E-state index in [9.17, 15) is 18.3 Å². The van der Waals surface area contributed by atoms with Crippen LogP contribution in [0.4, 0.5) is 5.69 Å². The first-order chi connectivity index (χ1) is 12.8. The van der Waals surface area contributed by atoms with Gasteiger partial charge in [-0.25, -0.2) is 17.9 Å². The van der Waals surface area contributed by atoms with Gasteiger partial charge in [0, 0.05) is 19.7 Å². The van der Waals surface area contributed by atoms with Crippen molar-refractivity contribution in [2.75, 3.05) is 25.6 Å². The maximum atomic E-state index is 12.8. The number of hydrogen-bond acceptors (Lipinski definition) is 5. The highest BCUT2D eigenvalue weighted by atomic mass is 32.2. The van der Waals surface area contributed by atoms with Crippen molar-refractivity contribution in [2.45, 2.75) is 50.0 Å². The van der Waals surface area contributed by atoms with E-state index in [1.807, 2.05) is 6.92 Å². The van der Waals surface area contributed by atoms with E-state index in [1.54, 1.807) is 7.11 Å². The molecule has 8 heteroatoms. The molecule has 2 rings (SSSR count). The van der Waals surface area contributed by atoms with Gasteiger partial charge < -0.3 is 15.2 Å².